The standard InChI is InChI=1S/C27H36O4/c1-7-25(8-2)15(5)27(22-17(25)11-13-20(29)24(22)31)16(6)26(9-3,10-4)21-18(27)12-14-19(28)23(21)30/h11-16,28-31H,7-10H2,1-6H3. The van der Waals surface area contributed by atoms with Crippen molar-refractivity contribution in [3.8, 4) is 23.0 Å². The smallest absolute Gasteiger partial charge is 0.161 e. The molecule has 1 spiro atoms. The van der Waals surface area contributed by atoms with E-state index in [0.29, 0.717) is 0 Å². The van der Waals surface area contributed by atoms with E-state index < -0.39 is 5.41 Å². The van der Waals surface area contributed by atoms with Crippen LogP contribution in [0.25, 0.3) is 0 Å². The predicted octanol–water partition coefficient (Wildman–Crippen LogP) is 6.21. The van der Waals surface area contributed by atoms with Gasteiger partial charge in [0.15, 0.2) is 23.0 Å². The number of aromatic hydroxyl groups is 4. The van der Waals surface area contributed by atoms with Gasteiger partial charge in [0.1, 0.15) is 0 Å². The first kappa shape index (κ1) is 21.9. The van der Waals surface area contributed by atoms with Crippen LogP contribution in [0.2, 0.25) is 0 Å². The third-order valence-corrected chi connectivity index (χ3v) is 9.75. The van der Waals surface area contributed by atoms with Crippen LogP contribution in [0, 0.1) is 11.8 Å². The normalized spacial score (nSPS) is 27.4. The molecule has 0 saturated carbocycles. The van der Waals surface area contributed by atoms with Gasteiger partial charge in [-0.25, -0.2) is 0 Å². The summed E-state index contributed by atoms with van der Waals surface area (Å²) < 4.78 is 0. The number of hydrogen-bond donors (Lipinski definition) is 4. The van der Waals surface area contributed by atoms with E-state index in [9.17, 15) is 20.4 Å². The molecule has 4 rings (SSSR count). The third kappa shape index (κ3) is 2.16. The maximum Gasteiger partial charge on any atom is 0.161 e. The molecule has 2 aromatic rings. The molecule has 2 aromatic carbocycles. The van der Waals surface area contributed by atoms with Crippen LogP contribution in [0.5, 0.6) is 23.0 Å². The summed E-state index contributed by atoms with van der Waals surface area (Å²) in [5.74, 6) is -0.0899. The molecule has 2 aliphatic carbocycles. The Kier molecular flexibility index (Phi) is 4.81. The first-order valence-corrected chi connectivity index (χ1v) is 11.8. The Bertz CT molecular complexity index is 1030. The van der Waals surface area contributed by atoms with Gasteiger partial charge >= 0.3 is 0 Å². The summed E-state index contributed by atoms with van der Waals surface area (Å²) in [6.07, 6.45) is 3.45. The van der Waals surface area contributed by atoms with Gasteiger partial charge in [-0.05, 0) is 66.2 Å². The molecule has 0 amide bonds. The number of fused-ring (bicyclic) bond motifs is 4. The first-order chi connectivity index (χ1) is 14.6. The third-order valence-electron chi connectivity index (χ3n) is 9.75. The molecular weight excluding hydrogens is 388 g/mol. The number of benzene rings is 2. The maximum absolute atomic E-state index is 11.3. The zero-order chi connectivity index (χ0) is 22.9. The van der Waals surface area contributed by atoms with Crippen LogP contribution in [-0.4, -0.2) is 20.4 Å². The van der Waals surface area contributed by atoms with Crippen molar-refractivity contribution >= 4 is 0 Å². The quantitative estimate of drug-likeness (QED) is 0.440. The van der Waals surface area contributed by atoms with E-state index in [-0.39, 0.29) is 45.7 Å². The minimum atomic E-state index is -0.573. The Balaban J connectivity index is 2.24. The van der Waals surface area contributed by atoms with Crippen LogP contribution in [0.3, 0.4) is 0 Å². The largest absolute Gasteiger partial charge is 0.504 e. The van der Waals surface area contributed by atoms with Gasteiger partial charge in [0.25, 0.3) is 0 Å². The Hall–Kier alpha value is -2.36. The van der Waals surface area contributed by atoms with Crippen molar-refractivity contribution in [3.05, 3.63) is 46.5 Å². The molecular formula is C27H36O4. The summed E-state index contributed by atoms with van der Waals surface area (Å²) in [4.78, 5) is 0. The fourth-order valence-electron chi connectivity index (χ4n) is 8.03. The summed E-state index contributed by atoms with van der Waals surface area (Å²) in [6, 6.07) is 7.13. The van der Waals surface area contributed by atoms with E-state index in [4.69, 9.17) is 0 Å². The van der Waals surface area contributed by atoms with Crippen LogP contribution in [-0.2, 0) is 16.2 Å². The van der Waals surface area contributed by atoms with Crippen molar-refractivity contribution in [1.82, 2.24) is 0 Å². The molecule has 168 valence electrons. The van der Waals surface area contributed by atoms with Crippen LogP contribution in [0.1, 0.15) is 89.5 Å². The second-order valence-corrected chi connectivity index (χ2v) is 9.75. The van der Waals surface area contributed by atoms with E-state index >= 15 is 0 Å². The van der Waals surface area contributed by atoms with Gasteiger partial charge in [-0.2, -0.15) is 0 Å². The second-order valence-electron chi connectivity index (χ2n) is 9.75. The van der Waals surface area contributed by atoms with Crippen molar-refractivity contribution in [2.24, 2.45) is 11.8 Å². The van der Waals surface area contributed by atoms with Crippen molar-refractivity contribution in [2.75, 3.05) is 0 Å². The maximum atomic E-state index is 11.3. The number of phenolic OH excluding ortho intramolecular Hbond substituents is 4. The van der Waals surface area contributed by atoms with E-state index in [1.807, 2.05) is 12.1 Å². The molecule has 31 heavy (non-hydrogen) atoms. The zero-order valence-electron chi connectivity index (χ0n) is 19.6. The molecule has 0 fully saturated rings. The van der Waals surface area contributed by atoms with Gasteiger partial charge in [0.05, 0.1) is 0 Å². The van der Waals surface area contributed by atoms with Gasteiger partial charge < -0.3 is 20.4 Å². The summed E-state index contributed by atoms with van der Waals surface area (Å²) in [7, 11) is 0. The zero-order valence-corrected chi connectivity index (χ0v) is 19.6. The Morgan fingerprint density at radius 2 is 1.03 bits per heavy atom. The predicted molar refractivity (Wildman–Crippen MR) is 123 cm³/mol. The lowest BCUT2D eigenvalue weighted by molar-refractivity contribution is 0.127. The fourth-order valence-corrected chi connectivity index (χ4v) is 8.03. The molecule has 2 aliphatic rings. The number of rotatable bonds is 4. The minimum Gasteiger partial charge on any atom is -0.504 e. The summed E-state index contributed by atoms with van der Waals surface area (Å²) in [5, 5.41) is 43.4. The summed E-state index contributed by atoms with van der Waals surface area (Å²) >= 11 is 0. The highest BCUT2D eigenvalue weighted by Gasteiger charge is 2.68. The average Bonchev–Trinajstić information content (AvgIpc) is 3.13. The van der Waals surface area contributed by atoms with Gasteiger partial charge in [-0.15, -0.1) is 0 Å². The number of hydrogen-bond acceptors (Lipinski definition) is 4. The van der Waals surface area contributed by atoms with E-state index in [1.54, 1.807) is 12.1 Å². The molecule has 0 heterocycles. The van der Waals surface area contributed by atoms with Crippen molar-refractivity contribution in [3.63, 3.8) is 0 Å². The SMILES string of the molecule is CCC1(CC)c2ccc(O)c(O)c2C2(c3ccc(O)c(O)c3C(CC)(CC)C2C)C1C. The minimum absolute atomic E-state index is 0.0381. The Morgan fingerprint density at radius 3 is 1.52 bits per heavy atom. The van der Waals surface area contributed by atoms with E-state index in [0.717, 1.165) is 47.9 Å². The van der Waals surface area contributed by atoms with Crippen LogP contribution in [0.4, 0.5) is 0 Å². The molecule has 0 radical (unpaired) electrons. The lowest BCUT2D eigenvalue weighted by atomic mass is 9.56. The highest BCUT2D eigenvalue weighted by atomic mass is 16.3. The molecule has 0 aliphatic heterocycles. The lowest BCUT2D eigenvalue weighted by Gasteiger charge is -2.46. The molecule has 4 nitrogen and oxygen atoms in total. The summed E-state index contributed by atoms with van der Waals surface area (Å²) in [5.41, 5.74) is 2.64. The molecule has 0 saturated heterocycles. The topological polar surface area (TPSA) is 80.9 Å². The summed E-state index contributed by atoms with van der Waals surface area (Å²) in [6.45, 7) is 13.2. The Labute approximate surface area is 185 Å². The van der Waals surface area contributed by atoms with Gasteiger partial charge in [-0.3, -0.25) is 0 Å². The molecule has 3 unspecified atom stereocenters. The van der Waals surface area contributed by atoms with E-state index in [1.165, 1.54) is 0 Å². The van der Waals surface area contributed by atoms with E-state index in [2.05, 4.69) is 41.5 Å². The Morgan fingerprint density at radius 1 is 0.613 bits per heavy atom. The highest BCUT2D eigenvalue weighted by molar-refractivity contribution is 5.71. The van der Waals surface area contributed by atoms with Gasteiger partial charge in [0.2, 0.25) is 0 Å². The molecule has 3 atom stereocenters. The lowest BCUT2D eigenvalue weighted by Crippen LogP contribution is -2.45. The van der Waals surface area contributed by atoms with Crippen molar-refractivity contribution in [2.45, 2.75) is 83.5 Å². The van der Waals surface area contributed by atoms with Crippen LogP contribution in [0.15, 0.2) is 24.3 Å². The first-order valence-electron chi connectivity index (χ1n) is 11.8. The molecule has 4 heteroatoms. The average molecular weight is 425 g/mol. The van der Waals surface area contributed by atoms with Gasteiger partial charge in [-0.1, -0.05) is 53.7 Å². The number of phenols is 4. The molecule has 0 aromatic heterocycles. The van der Waals surface area contributed by atoms with Crippen LogP contribution < -0.4 is 0 Å². The second kappa shape index (κ2) is 6.82. The monoisotopic (exact) mass is 424 g/mol. The highest BCUT2D eigenvalue weighted by Crippen LogP contribution is 2.73. The molecule has 0 bridgehead atoms. The van der Waals surface area contributed by atoms with Crippen LogP contribution >= 0.6 is 0 Å². The van der Waals surface area contributed by atoms with Crippen molar-refractivity contribution in [1.29, 1.82) is 0 Å². The van der Waals surface area contributed by atoms with Gasteiger partial charge in [0, 0.05) is 22.0 Å². The fraction of sp³-hybridized carbons (Fsp3) is 0.556. The van der Waals surface area contributed by atoms with Crippen molar-refractivity contribution < 1.29 is 20.4 Å². The molecule has 4 N–H and O–H groups in total.